The maximum atomic E-state index is 12.5. The smallest absolute Gasteiger partial charge is 0.252 e. The van der Waals surface area contributed by atoms with Crippen LogP contribution < -0.4 is 5.73 Å². The van der Waals surface area contributed by atoms with Crippen LogP contribution in [0.1, 0.15) is 19.8 Å². The minimum absolute atomic E-state index is 0.0976. The summed E-state index contributed by atoms with van der Waals surface area (Å²) in [5.74, 6) is 0.525. The van der Waals surface area contributed by atoms with Gasteiger partial charge in [-0.25, -0.2) is 8.42 Å². The number of rotatable bonds is 3. The van der Waals surface area contributed by atoms with Gasteiger partial charge >= 0.3 is 0 Å². The molecule has 1 aromatic heterocycles. The molecule has 0 amide bonds. The molecule has 2 unspecified atom stereocenters. The average Bonchev–Trinajstić information content (AvgIpc) is 2.76. The standard InChI is InChI=1S/C11H17ClN2O2S2/c1-8-4-5-14(9(6-8)7-13)18(15,16)11-3-2-10(12)17-11/h2-3,8-9H,4-7,13H2,1H3. The maximum Gasteiger partial charge on any atom is 0.252 e. The number of piperidine rings is 1. The predicted octanol–water partition coefficient (Wildman–Crippen LogP) is 2.15. The van der Waals surface area contributed by atoms with Crippen LogP contribution in [0.5, 0.6) is 0 Å². The van der Waals surface area contributed by atoms with Crippen LogP contribution in [0.4, 0.5) is 0 Å². The highest BCUT2D eigenvalue weighted by molar-refractivity contribution is 7.91. The predicted molar refractivity (Wildman–Crippen MR) is 74.5 cm³/mol. The molecule has 0 aromatic carbocycles. The van der Waals surface area contributed by atoms with Gasteiger partial charge in [-0.3, -0.25) is 0 Å². The fourth-order valence-corrected chi connectivity index (χ4v) is 5.59. The van der Waals surface area contributed by atoms with Crippen LogP contribution >= 0.6 is 22.9 Å². The second kappa shape index (κ2) is 5.46. The molecule has 0 radical (unpaired) electrons. The molecule has 1 aliphatic rings. The Morgan fingerprint density at radius 3 is 2.83 bits per heavy atom. The Morgan fingerprint density at radius 2 is 2.28 bits per heavy atom. The molecule has 0 spiro atoms. The quantitative estimate of drug-likeness (QED) is 0.930. The number of hydrogen-bond acceptors (Lipinski definition) is 4. The molecule has 7 heteroatoms. The van der Waals surface area contributed by atoms with Gasteiger partial charge in [-0.15, -0.1) is 11.3 Å². The van der Waals surface area contributed by atoms with E-state index < -0.39 is 10.0 Å². The zero-order valence-corrected chi connectivity index (χ0v) is 12.6. The Labute approximate surface area is 117 Å². The Hall–Kier alpha value is -0.140. The lowest BCUT2D eigenvalue weighted by atomic mass is 9.94. The van der Waals surface area contributed by atoms with E-state index in [1.165, 1.54) is 4.31 Å². The third-order valence-electron chi connectivity index (χ3n) is 3.31. The number of nitrogens with two attached hydrogens (primary N) is 1. The number of sulfonamides is 1. The summed E-state index contributed by atoms with van der Waals surface area (Å²) in [6.07, 6.45) is 1.71. The van der Waals surface area contributed by atoms with E-state index in [1.807, 2.05) is 0 Å². The lowest BCUT2D eigenvalue weighted by Gasteiger charge is -2.36. The molecule has 1 aromatic rings. The summed E-state index contributed by atoms with van der Waals surface area (Å²) in [7, 11) is -3.44. The summed E-state index contributed by atoms with van der Waals surface area (Å²) in [4.78, 5) is 0. The van der Waals surface area contributed by atoms with Crippen molar-refractivity contribution in [2.24, 2.45) is 11.7 Å². The molecule has 102 valence electrons. The van der Waals surface area contributed by atoms with Gasteiger partial charge in [0.15, 0.2) is 0 Å². The van der Waals surface area contributed by atoms with Crippen molar-refractivity contribution < 1.29 is 8.42 Å². The van der Waals surface area contributed by atoms with E-state index in [-0.39, 0.29) is 6.04 Å². The van der Waals surface area contributed by atoms with Crippen LogP contribution in [0.25, 0.3) is 0 Å². The molecule has 1 aliphatic heterocycles. The minimum Gasteiger partial charge on any atom is -0.329 e. The topological polar surface area (TPSA) is 63.4 Å². The lowest BCUT2D eigenvalue weighted by Crippen LogP contribution is -2.48. The summed E-state index contributed by atoms with van der Waals surface area (Å²) >= 11 is 6.91. The summed E-state index contributed by atoms with van der Waals surface area (Å²) in [5, 5.41) is 0. The van der Waals surface area contributed by atoms with Crippen LogP contribution in [0.2, 0.25) is 4.34 Å². The Balaban J connectivity index is 2.29. The van der Waals surface area contributed by atoms with Gasteiger partial charge in [-0.2, -0.15) is 4.31 Å². The molecule has 4 nitrogen and oxygen atoms in total. The van der Waals surface area contributed by atoms with Crippen molar-refractivity contribution >= 4 is 33.0 Å². The number of nitrogens with zero attached hydrogens (tertiary/aromatic N) is 1. The molecule has 2 atom stereocenters. The minimum atomic E-state index is -3.44. The highest BCUT2D eigenvalue weighted by atomic mass is 35.5. The van der Waals surface area contributed by atoms with Crippen molar-refractivity contribution in [1.82, 2.24) is 4.31 Å². The van der Waals surface area contributed by atoms with Crippen molar-refractivity contribution in [3.63, 3.8) is 0 Å². The van der Waals surface area contributed by atoms with Crippen molar-refractivity contribution in [3.05, 3.63) is 16.5 Å². The van der Waals surface area contributed by atoms with E-state index in [0.29, 0.717) is 27.6 Å². The van der Waals surface area contributed by atoms with E-state index in [2.05, 4.69) is 6.92 Å². The fourth-order valence-electron chi connectivity index (χ4n) is 2.31. The van der Waals surface area contributed by atoms with Gasteiger partial charge in [0.25, 0.3) is 10.0 Å². The zero-order valence-electron chi connectivity index (χ0n) is 10.2. The second-order valence-corrected chi connectivity index (χ2v) is 8.53. The average molecular weight is 309 g/mol. The van der Waals surface area contributed by atoms with Gasteiger partial charge < -0.3 is 5.73 Å². The van der Waals surface area contributed by atoms with Crippen LogP contribution in [-0.2, 0) is 10.0 Å². The van der Waals surface area contributed by atoms with Gasteiger partial charge in [0.1, 0.15) is 4.21 Å². The fraction of sp³-hybridized carbons (Fsp3) is 0.636. The zero-order chi connectivity index (χ0) is 13.3. The second-order valence-electron chi connectivity index (χ2n) is 4.69. The van der Waals surface area contributed by atoms with Crippen LogP contribution in [0.3, 0.4) is 0 Å². The van der Waals surface area contributed by atoms with E-state index in [4.69, 9.17) is 17.3 Å². The molecule has 0 bridgehead atoms. The summed E-state index contributed by atoms with van der Waals surface area (Å²) < 4.78 is 27.3. The van der Waals surface area contributed by atoms with Gasteiger partial charge in [-0.1, -0.05) is 18.5 Å². The first-order valence-corrected chi connectivity index (χ1v) is 8.56. The van der Waals surface area contributed by atoms with Gasteiger partial charge in [0.05, 0.1) is 4.34 Å². The highest BCUT2D eigenvalue weighted by Crippen LogP contribution is 2.32. The molecule has 0 saturated carbocycles. The SMILES string of the molecule is CC1CCN(S(=O)(=O)c2ccc(Cl)s2)C(CN)C1. The normalized spacial score (nSPS) is 26.4. The molecule has 2 heterocycles. The molecule has 2 N–H and O–H groups in total. The van der Waals surface area contributed by atoms with Crippen molar-refractivity contribution in [1.29, 1.82) is 0 Å². The first-order valence-electron chi connectivity index (χ1n) is 5.92. The number of thiophene rings is 1. The van der Waals surface area contributed by atoms with Crippen LogP contribution in [0, 0.1) is 5.92 Å². The van der Waals surface area contributed by atoms with Crippen molar-refractivity contribution in [3.8, 4) is 0 Å². The Kier molecular flexibility index (Phi) is 4.33. The van der Waals surface area contributed by atoms with Crippen LogP contribution in [0.15, 0.2) is 16.3 Å². The van der Waals surface area contributed by atoms with Gasteiger partial charge in [-0.05, 0) is 30.9 Å². The molecular weight excluding hydrogens is 292 g/mol. The molecular formula is C11H17ClN2O2S2. The highest BCUT2D eigenvalue weighted by Gasteiger charge is 2.35. The Morgan fingerprint density at radius 1 is 1.56 bits per heavy atom. The summed E-state index contributed by atoms with van der Waals surface area (Å²) in [5.41, 5.74) is 5.71. The lowest BCUT2D eigenvalue weighted by molar-refractivity contribution is 0.211. The first kappa shape index (κ1) is 14.3. The maximum absolute atomic E-state index is 12.5. The summed E-state index contributed by atoms with van der Waals surface area (Å²) in [6.45, 7) is 3.04. The van der Waals surface area contributed by atoms with E-state index in [9.17, 15) is 8.42 Å². The van der Waals surface area contributed by atoms with Gasteiger partial charge in [0, 0.05) is 19.1 Å². The Bertz CT molecular complexity index is 515. The monoisotopic (exact) mass is 308 g/mol. The van der Waals surface area contributed by atoms with E-state index in [1.54, 1.807) is 12.1 Å². The third-order valence-corrected chi connectivity index (χ3v) is 6.96. The van der Waals surface area contributed by atoms with Gasteiger partial charge in [0.2, 0.25) is 0 Å². The molecule has 18 heavy (non-hydrogen) atoms. The van der Waals surface area contributed by atoms with Crippen molar-refractivity contribution in [2.75, 3.05) is 13.1 Å². The first-order chi connectivity index (χ1) is 8.45. The van der Waals surface area contributed by atoms with E-state index >= 15 is 0 Å². The molecule has 2 rings (SSSR count). The summed E-state index contributed by atoms with van der Waals surface area (Å²) in [6, 6.07) is 3.08. The molecule has 1 fully saturated rings. The largest absolute Gasteiger partial charge is 0.329 e. The van der Waals surface area contributed by atoms with Crippen molar-refractivity contribution in [2.45, 2.75) is 30.0 Å². The molecule has 0 aliphatic carbocycles. The van der Waals surface area contributed by atoms with Crippen LogP contribution in [-0.4, -0.2) is 31.9 Å². The number of halogens is 1. The molecule has 1 saturated heterocycles. The third kappa shape index (κ3) is 2.72. The number of hydrogen-bond donors (Lipinski definition) is 1. The van der Waals surface area contributed by atoms with E-state index in [0.717, 1.165) is 24.2 Å².